The van der Waals surface area contributed by atoms with Gasteiger partial charge in [-0.3, -0.25) is 0 Å². The van der Waals surface area contributed by atoms with Crippen LogP contribution in [0.5, 0.6) is 0 Å². The van der Waals surface area contributed by atoms with Gasteiger partial charge in [0.1, 0.15) is 0 Å². The SMILES string of the molecule is CC1(c2nc(-c3cccc4ccccc34)no2)CCCCN1. The van der Waals surface area contributed by atoms with Crippen LogP contribution in [0.3, 0.4) is 0 Å². The maximum Gasteiger partial charge on any atom is 0.246 e. The number of piperidine rings is 1. The van der Waals surface area contributed by atoms with E-state index in [1.807, 2.05) is 24.3 Å². The first-order chi connectivity index (χ1) is 10.8. The molecule has 1 saturated heterocycles. The zero-order valence-electron chi connectivity index (χ0n) is 12.7. The van der Waals surface area contributed by atoms with Crippen LogP contribution in [-0.4, -0.2) is 16.7 Å². The molecule has 0 bridgehead atoms. The highest BCUT2D eigenvalue weighted by molar-refractivity contribution is 5.94. The van der Waals surface area contributed by atoms with Gasteiger partial charge >= 0.3 is 0 Å². The van der Waals surface area contributed by atoms with E-state index in [4.69, 9.17) is 4.52 Å². The number of hydrogen-bond acceptors (Lipinski definition) is 4. The lowest BCUT2D eigenvalue weighted by Gasteiger charge is -2.31. The van der Waals surface area contributed by atoms with Gasteiger partial charge < -0.3 is 9.84 Å². The quantitative estimate of drug-likeness (QED) is 0.779. The fourth-order valence-corrected chi connectivity index (χ4v) is 3.22. The second-order valence-electron chi connectivity index (χ2n) is 6.17. The Labute approximate surface area is 129 Å². The second kappa shape index (κ2) is 5.21. The van der Waals surface area contributed by atoms with Crippen LogP contribution in [0.15, 0.2) is 47.0 Å². The van der Waals surface area contributed by atoms with Gasteiger partial charge in [0.2, 0.25) is 11.7 Å². The molecule has 1 aromatic heterocycles. The van der Waals surface area contributed by atoms with Crippen LogP contribution >= 0.6 is 0 Å². The van der Waals surface area contributed by atoms with Crippen molar-refractivity contribution in [3.8, 4) is 11.4 Å². The molecule has 1 aliphatic heterocycles. The van der Waals surface area contributed by atoms with E-state index < -0.39 is 0 Å². The molecule has 0 radical (unpaired) electrons. The number of nitrogens with one attached hydrogen (secondary N) is 1. The molecule has 4 nitrogen and oxygen atoms in total. The summed E-state index contributed by atoms with van der Waals surface area (Å²) in [5, 5.41) is 10.1. The number of nitrogens with zero attached hydrogens (tertiary/aromatic N) is 2. The van der Waals surface area contributed by atoms with E-state index in [0.717, 1.165) is 23.9 Å². The molecule has 4 rings (SSSR count). The molecule has 3 aromatic rings. The molecule has 4 heteroatoms. The van der Waals surface area contributed by atoms with Gasteiger partial charge in [-0.15, -0.1) is 0 Å². The highest BCUT2D eigenvalue weighted by Crippen LogP contribution is 2.32. The van der Waals surface area contributed by atoms with Crippen molar-refractivity contribution >= 4 is 10.8 Å². The molecule has 1 N–H and O–H groups in total. The second-order valence-corrected chi connectivity index (χ2v) is 6.17. The van der Waals surface area contributed by atoms with E-state index in [1.54, 1.807) is 0 Å². The molecular weight excluding hydrogens is 274 g/mol. The monoisotopic (exact) mass is 293 g/mol. The molecular formula is C18H19N3O. The third-order valence-electron chi connectivity index (χ3n) is 4.55. The number of hydrogen-bond donors (Lipinski definition) is 1. The number of aromatic nitrogens is 2. The third-order valence-corrected chi connectivity index (χ3v) is 4.55. The minimum Gasteiger partial charge on any atom is -0.337 e. The first-order valence-corrected chi connectivity index (χ1v) is 7.84. The minimum atomic E-state index is -0.200. The summed E-state index contributed by atoms with van der Waals surface area (Å²) >= 11 is 0. The van der Waals surface area contributed by atoms with Gasteiger partial charge in [0.15, 0.2) is 0 Å². The Hall–Kier alpha value is -2.20. The summed E-state index contributed by atoms with van der Waals surface area (Å²) in [6, 6.07) is 14.5. The van der Waals surface area contributed by atoms with Gasteiger partial charge in [-0.05, 0) is 43.5 Å². The van der Waals surface area contributed by atoms with Crippen molar-refractivity contribution in [2.45, 2.75) is 31.7 Å². The van der Waals surface area contributed by atoms with Crippen LogP contribution in [0.4, 0.5) is 0 Å². The van der Waals surface area contributed by atoms with Gasteiger partial charge in [0.05, 0.1) is 5.54 Å². The van der Waals surface area contributed by atoms with Crippen molar-refractivity contribution in [1.29, 1.82) is 0 Å². The van der Waals surface area contributed by atoms with E-state index in [-0.39, 0.29) is 5.54 Å². The molecule has 0 amide bonds. The fourth-order valence-electron chi connectivity index (χ4n) is 3.22. The van der Waals surface area contributed by atoms with Crippen LogP contribution in [0.2, 0.25) is 0 Å². The minimum absolute atomic E-state index is 0.200. The zero-order chi connectivity index (χ0) is 15.0. The summed E-state index contributed by atoms with van der Waals surface area (Å²) in [4.78, 5) is 4.69. The summed E-state index contributed by atoms with van der Waals surface area (Å²) in [7, 11) is 0. The predicted octanol–water partition coefficient (Wildman–Crippen LogP) is 3.88. The number of benzene rings is 2. The molecule has 1 atom stereocenters. The van der Waals surface area contributed by atoms with Crippen LogP contribution in [0.25, 0.3) is 22.2 Å². The first-order valence-electron chi connectivity index (χ1n) is 7.84. The van der Waals surface area contributed by atoms with Gasteiger partial charge in [-0.25, -0.2) is 0 Å². The highest BCUT2D eigenvalue weighted by atomic mass is 16.5. The van der Waals surface area contributed by atoms with Crippen molar-refractivity contribution in [3.63, 3.8) is 0 Å². The largest absolute Gasteiger partial charge is 0.337 e. The Morgan fingerprint density at radius 1 is 1.09 bits per heavy atom. The van der Waals surface area contributed by atoms with Crippen molar-refractivity contribution < 1.29 is 4.52 Å². The molecule has 0 aliphatic carbocycles. The van der Waals surface area contributed by atoms with Gasteiger partial charge in [-0.1, -0.05) is 47.6 Å². The van der Waals surface area contributed by atoms with Crippen LogP contribution in [-0.2, 0) is 5.54 Å². The molecule has 0 saturated carbocycles. The van der Waals surface area contributed by atoms with E-state index >= 15 is 0 Å². The lowest BCUT2D eigenvalue weighted by molar-refractivity contribution is 0.207. The molecule has 112 valence electrons. The Kier molecular flexibility index (Phi) is 3.19. The Balaban J connectivity index is 1.77. The molecule has 2 aromatic carbocycles. The molecule has 1 fully saturated rings. The lowest BCUT2D eigenvalue weighted by atomic mass is 9.91. The first kappa shape index (κ1) is 13.5. The fraction of sp³-hybridized carbons (Fsp3) is 0.333. The Morgan fingerprint density at radius 3 is 2.82 bits per heavy atom. The average Bonchev–Trinajstić information content (AvgIpc) is 3.06. The van der Waals surface area contributed by atoms with E-state index in [9.17, 15) is 0 Å². The van der Waals surface area contributed by atoms with E-state index in [0.29, 0.717) is 11.7 Å². The van der Waals surface area contributed by atoms with E-state index in [2.05, 4.69) is 40.6 Å². The van der Waals surface area contributed by atoms with Crippen molar-refractivity contribution in [1.82, 2.24) is 15.5 Å². The van der Waals surface area contributed by atoms with Crippen molar-refractivity contribution in [2.75, 3.05) is 6.54 Å². The molecule has 22 heavy (non-hydrogen) atoms. The number of fused-ring (bicyclic) bond motifs is 1. The molecule has 1 aliphatic rings. The molecule has 1 unspecified atom stereocenters. The number of rotatable bonds is 2. The topological polar surface area (TPSA) is 51.0 Å². The van der Waals surface area contributed by atoms with Gasteiger partial charge in [0, 0.05) is 5.56 Å². The van der Waals surface area contributed by atoms with Crippen LogP contribution in [0, 0.1) is 0 Å². The highest BCUT2D eigenvalue weighted by Gasteiger charge is 2.34. The lowest BCUT2D eigenvalue weighted by Crippen LogP contribution is -2.43. The summed E-state index contributed by atoms with van der Waals surface area (Å²) in [6.07, 6.45) is 3.43. The predicted molar refractivity (Wildman–Crippen MR) is 86.4 cm³/mol. The summed E-state index contributed by atoms with van der Waals surface area (Å²) in [6.45, 7) is 3.15. The molecule has 2 heterocycles. The maximum absolute atomic E-state index is 5.59. The van der Waals surface area contributed by atoms with Crippen LogP contribution < -0.4 is 5.32 Å². The third kappa shape index (κ3) is 2.20. The molecule has 0 spiro atoms. The standard InChI is InChI=1S/C18H19N3O/c1-18(11-4-5-12-19-18)17-20-16(21-22-17)15-10-6-8-13-7-2-3-9-14(13)15/h2-3,6-10,19H,4-5,11-12H2,1H3. The average molecular weight is 293 g/mol. The smallest absolute Gasteiger partial charge is 0.246 e. The normalized spacial score (nSPS) is 22.0. The van der Waals surface area contributed by atoms with E-state index in [1.165, 1.54) is 18.2 Å². The Bertz CT molecular complexity index is 797. The van der Waals surface area contributed by atoms with Crippen molar-refractivity contribution in [3.05, 3.63) is 48.4 Å². The summed E-state index contributed by atoms with van der Waals surface area (Å²) in [5.41, 5.74) is 0.821. The van der Waals surface area contributed by atoms with Crippen LogP contribution in [0.1, 0.15) is 32.1 Å². The van der Waals surface area contributed by atoms with Gasteiger partial charge in [0.25, 0.3) is 0 Å². The van der Waals surface area contributed by atoms with Crippen molar-refractivity contribution in [2.24, 2.45) is 0 Å². The summed E-state index contributed by atoms with van der Waals surface area (Å²) in [5.74, 6) is 1.36. The Morgan fingerprint density at radius 2 is 1.95 bits per heavy atom. The maximum atomic E-state index is 5.59. The zero-order valence-corrected chi connectivity index (χ0v) is 12.7. The summed E-state index contributed by atoms with van der Waals surface area (Å²) < 4.78 is 5.59. The van der Waals surface area contributed by atoms with Gasteiger partial charge in [-0.2, -0.15) is 4.98 Å².